The van der Waals surface area contributed by atoms with Crippen LogP contribution in [0.3, 0.4) is 0 Å². The van der Waals surface area contributed by atoms with Gasteiger partial charge in [0.15, 0.2) is 0 Å². The number of carbonyl (C=O) groups excluding carboxylic acids is 1. The largest absolute Gasteiger partial charge is 0.497 e. The minimum absolute atomic E-state index is 0.133. The summed E-state index contributed by atoms with van der Waals surface area (Å²) in [6, 6.07) is 21.1. The molecule has 10 heteroatoms. The molecule has 1 amide bonds. The molecule has 0 aliphatic heterocycles. The summed E-state index contributed by atoms with van der Waals surface area (Å²) in [7, 11) is 1.61. The van der Waals surface area contributed by atoms with E-state index in [4.69, 9.17) is 10.6 Å². The number of hydrazone groups is 1. The van der Waals surface area contributed by atoms with Crippen molar-refractivity contribution in [2.75, 3.05) is 29.4 Å². The van der Waals surface area contributed by atoms with Crippen LogP contribution in [0.15, 0.2) is 77.0 Å². The zero-order valence-electron chi connectivity index (χ0n) is 17.2. The highest BCUT2D eigenvalue weighted by atomic mass is 32.2. The van der Waals surface area contributed by atoms with E-state index in [0.717, 1.165) is 27.8 Å². The fourth-order valence-electron chi connectivity index (χ4n) is 2.96. The molecular weight excluding hydrogens is 426 g/mol. The number of amides is 1. The zero-order valence-corrected chi connectivity index (χ0v) is 18.0. The normalized spacial score (nSPS) is 11.0. The number of aromatic nitrogens is 3. The van der Waals surface area contributed by atoms with Gasteiger partial charge in [-0.25, -0.2) is 10.1 Å². The summed E-state index contributed by atoms with van der Waals surface area (Å²) in [5, 5.41) is 17.5. The summed E-state index contributed by atoms with van der Waals surface area (Å²) in [6.07, 6.45) is 1.62. The van der Waals surface area contributed by atoms with Gasteiger partial charge in [0.1, 0.15) is 5.75 Å². The molecule has 0 bridgehead atoms. The summed E-state index contributed by atoms with van der Waals surface area (Å²) in [6.45, 7) is 0. The molecule has 0 spiro atoms. The fourth-order valence-corrected chi connectivity index (χ4v) is 3.61. The summed E-state index contributed by atoms with van der Waals surface area (Å²) in [5.41, 5.74) is 4.38. The van der Waals surface area contributed by atoms with E-state index in [9.17, 15) is 4.79 Å². The lowest BCUT2D eigenvalue weighted by Gasteiger charge is -2.08. The van der Waals surface area contributed by atoms with Crippen LogP contribution in [0.25, 0.3) is 10.8 Å². The van der Waals surface area contributed by atoms with E-state index >= 15 is 0 Å². The van der Waals surface area contributed by atoms with Gasteiger partial charge in [-0.05, 0) is 41.3 Å². The molecule has 3 aromatic carbocycles. The van der Waals surface area contributed by atoms with Gasteiger partial charge in [0.25, 0.3) is 5.95 Å². The standard InChI is InChI=1S/C22H21N7O2S/c1-31-17-11-9-15(10-12-17)13-24-26-21-27-28-22(29(21)23)32-14-20(30)25-19-8-4-6-16-5-2-3-7-18(16)19/h2-13H,14,23H2,1H3,(H,25,30)(H,26,27)/b24-13+. The Bertz CT molecular complexity index is 1250. The molecule has 4 aromatic rings. The molecule has 0 radical (unpaired) electrons. The molecule has 9 nitrogen and oxygen atoms in total. The summed E-state index contributed by atoms with van der Waals surface area (Å²) in [5.74, 6) is 7.01. The van der Waals surface area contributed by atoms with Crippen molar-refractivity contribution in [1.82, 2.24) is 14.9 Å². The molecule has 1 heterocycles. The first-order valence-electron chi connectivity index (χ1n) is 9.68. The Morgan fingerprint density at radius 1 is 1.12 bits per heavy atom. The number of nitrogens with one attached hydrogen (secondary N) is 2. The van der Waals surface area contributed by atoms with Gasteiger partial charge in [0, 0.05) is 11.1 Å². The van der Waals surface area contributed by atoms with Crippen molar-refractivity contribution >= 4 is 46.3 Å². The number of hydrogen-bond acceptors (Lipinski definition) is 8. The van der Waals surface area contributed by atoms with Crippen LogP contribution in [0.5, 0.6) is 5.75 Å². The number of nitrogens with two attached hydrogens (primary N) is 1. The highest BCUT2D eigenvalue weighted by Gasteiger charge is 2.12. The predicted molar refractivity (Wildman–Crippen MR) is 128 cm³/mol. The van der Waals surface area contributed by atoms with Gasteiger partial charge in [0.2, 0.25) is 11.1 Å². The molecule has 0 unspecified atom stereocenters. The monoisotopic (exact) mass is 447 g/mol. The number of benzene rings is 3. The van der Waals surface area contributed by atoms with Crippen LogP contribution >= 0.6 is 11.8 Å². The highest BCUT2D eigenvalue weighted by Crippen LogP contribution is 2.24. The summed E-state index contributed by atoms with van der Waals surface area (Å²) >= 11 is 1.18. The van der Waals surface area contributed by atoms with Crippen LogP contribution in [0, 0.1) is 0 Å². The minimum atomic E-state index is -0.165. The van der Waals surface area contributed by atoms with Gasteiger partial charge in [-0.1, -0.05) is 48.2 Å². The van der Waals surface area contributed by atoms with Crippen molar-refractivity contribution in [3.8, 4) is 5.75 Å². The highest BCUT2D eigenvalue weighted by molar-refractivity contribution is 7.99. The quantitative estimate of drug-likeness (QED) is 0.164. The van der Waals surface area contributed by atoms with Crippen molar-refractivity contribution in [3.05, 3.63) is 72.3 Å². The Kier molecular flexibility index (Phi) is 6.52. The van der Waals surface area contributed by atoms with Crippen LogP contribution < -0.4 is 21.3 Å². The van der Waals surface area contributed by atoms with E-state index in [1.165, 1.54) is 16.4 Å². The van der Waals surface area contributed by atoms with Gasteiger partial charge in [-0.3, -0.25) is 4.79 Å². The third-order valence-corrected chi connectivity index (χ3v) is 5.50. The third-order valence-electron chi connectivity index (χ3n) is 4.55. The fraction of sp³-hybridized carbons (Fsp3) is 0.0909. The van der Waals surface area contributed by atoms with E-state index in [1.807, 2.05) is 66.7 Å². The number of thioether (sulfide) groups is 1. The van der Waals surface area contributed by atoms with Crippen LogP contribution in [0.4, 0.5) is 11.6 Å². The summed E-state index contributed by atoms with van der Waals surface area (Å²) < 4.78 is 6.38. The zero-order chi connectivity index (χ0) is 22.3. The molecule has 0 atom stereocenters. The first kappa shape index (κ1) is 21.2. The molecule has 0 saturated carbocycles. The van der Waals surface area contributed by atoms with Crippen LogP contribution in [-0.4, -0.2) is 39.9 Å². The molecule has 0 aliphatic rings. The molecular formula is C22H21N7O2S. The van der Waals surface area contributed by atoms with E-state index in [0.29, 0.717) is 5.16 Å². The predicted octanol–water partition coefficient (Wildman–Crippen LogP) is 3.33. The van der Waals surface area contributed by atoms with Gasteiger partial charge in [-0.15, -0.1) is 10.2 Å². The molecule has 32 heavy (non-hydrogen) atoms. The van der Waals surface area contributed by atoms with E-state index in [2.05, 4.69) is 26.0 Å². The molecule has 0 fully saturated rings. The molecule has 0 saturated heterocycles. The number of rotatable bonds is 8. The van der Waals surface area contributed by atoms with Gasteiger partial charge >= 0.3 is 0 Å². The molecule has 4 N–H and O–H groups in total. The van der Waals surface area contributed by atoms with E-state index in [1.54, 1.807) is 13.3 Å². The number of hydrogen-bond donors (Lipinski definition) is 3. The maximum absolute atomic E-state index is 12.4. The second-order valence-electron chi connectivity index (χ2n) is 6.68. The lowest BCUT2D eigenvalue weighted by atomic mass is 10.1. The number of anilines is 2. The molecule has 1 aromatic heterocycles. The molecule has 4 rings (SSSR count). The number of methoxy groups -OCH3 is 1. The SMILES string of the molecule is COc1ccc(/C=N/Nc2nnc(SCC(=O)Nc3cccc4ccccc34)n2N)cc1. The second kappa shape index (κ2) is 9.84. The van der Waals surface area contributed by atoms with Crippen molar-refractivity contribution in [3.63, 3.8) is 0 Å². The topological polar surface area (TPSA) is 119 Å². The van der Waals surface area contributed by atoms with Crippen molar-refractivity contribution in [2.45, 2.75) is 5.16 Å². The first-order chi connectivity index (χ1) is 15.6. The average molecular weight is 448 g/mol. The Morgan fingerprint density at radius 3 is 2.72 bits per heavy atom. The molecule has 0 aliphatic carbocycles. The Labute approximate surface area is 188 Å². The van der Waals surface area contributed by atoms with Gasteiger partial charge < -0.3 is 15.9 Å². The Balaban J connectivity index is 1.33. The van der Waals surface area contributed by atoms with Crippen molar-refractivity contribution < 1.29 is 9.53 Å². The number of ether oxygens (including phenoxy) is 1. The lowest BCUT2D eigenvalue weighted by Crippen LogP contribution is -2.17. The maximum atomic E-state index is 12.4. The Morgan fingerprint density at radius 2 is 1.91 bits per heavy atom. The van der Waals surface area contributed by atoms with Crippen LogP contribution in [0.2, 0.25) is 0 Å². The number of nitrogen functional groups attached to an aromatic ring is 1. The van der Waals surface area contributed by atoms with E-state index < -0.39 is 0 Å². The first-order valence-corrected chi connectivity index (χ1v) is 10.7. The minimum Gasteiger partial charge on any atom is -0.497 e. The smallest absolute Gasteiger partial charge is 0.264 e. The number of fused-ring (bicyclic) bond motifs is 1. The van der Waals surface area contributed by atoms with Crippen molar-refractivity contribution in [1.29, 1.82) is 0 Å². The van der Waals surface area contributed by atoms with Gasteiger partial charge in [-0.2, -0.15) is 5.10 Å². The maximum Gasteiger partial charge on any atom is 0.264 e. The van der Waals surface area contributed by atoms with Crippen molar-refractivity contribution in [2.24, 2.45) is 5.10 Å². The Hall–Kier alpha value is -4.05. The molecule has 162 valence electrons. The average Bonchev–Trinajstić information content (AvgIpc) is 3.17. The summed E-state index contributed by atoms with van der Waals surface area (Å²) in [4.78, 5) is 12.4. The van der Waals surface area contributed by atoms with Crippen LogP contribution in [-0.2, 0) is 4.79 Å². The van der Waals surface area contributed by atoms with Crippen LogP contribution in [0.1, 0.15) is 5.56 Å². The lowest BCUT2D eigenvalue weighted by molar-refractivity contribution is -0.113. The third kappa shape index (κ3) is 4.98. The number of nitrogens with zero attached hydrogens (tertiary/aromatic N) is 4. The second-order valence-corrected chi connectivity index (χ2v) is 7.63. The van der Waals surface area contributed by atoms with Gasteiger partial charge in [0.05, 0.1) is 19.1 Å². The van der Waals surface area contributed by atoms with E-state index in [-0.39, 0.29) is 17.6 Å². The number of carbonyl (C=O) groups is 1.